The average Bonchev–Trinajstić information content (AvgIpc) is 3.15. The third kappa shape index (κ3) is 6.05. The molecule has 0 unspecified atom stereocenters. The van der Waals surface area contributed by atoms with Crippen LogP contribution in [-0.2, 0) is 6.18 Å². The first-order valence-electron chi connectivity index (χ1n) is 14.7. The van der Waals surface area contributed by atoms with Crippen molar-refractivity contribution < 1.29 is 57.1 Å². The molecule has 6 aromatic rings. The van der Waals surface area contributed by atoms with Gasteiger partial charge in [0, 0.05) is 22.5 Å². The third-order valence-electron chi connectivity index (χ3n) is 7.87. The zero-order valence-corrected chi connectivity index (χ0v) is 25.6. The molecule has 0 aliphatic heterocycles. The van der Waals surface area contributed by atoms with Gasteiger partial charge in [-0.15, -0.1) is 0 Å². The molecule has 0 aliphatic rings. The molecule has 0 bridgehead atoms. The fourth-order valence-electron chi connectivity index (χ4n) is 5.53. The van der Waals surface area contributed by atoms with Gasteiger partial charge in [0.15, 0.2) is 46.5 Å². The predicted octanol–water partition coefficient (Wildman–Crippen LogP) is 12.7. The zero-order valence-electron chi connectivity index (χ0n) is 25.6. The summed E-state index contributed by atoms with van der Waals surface area (Å²) in [5.41, 5.74) is -6.15. The molecule has 0 spiro atoms. The van der Waals surface area contributed by atoms with Crippen LogP contribution in [0.25, 0.3) is 11.1 Å². The Kier molecular flexibility index (Phi) is 9.38. The van der Waals surface area contributed by atoms with Gasteiger partial charge in [-0.1, -0.05) is 54.6 Å². The van der Waals surface area contributed by atoms with Crippen molar-refractivity contribution in [1.82, 2.24) is 0 Å². The quantitative estimate of drug-likeness (QED) is 0.0915. The summed E-state index contributed by atoms with van der Waals surface area (Å²) in [6.45, 7) is 0. The van der Waals surface area contributed by atoms with Crippen LogP contribution in [0.4, 0.5) is 91.2 Å². The van der Waals surface area contributed by atoms with E-state index in [1.165, 1.54) is 72.8 Å². The molecule has 0 radical (unpaired) electrons. The zero-order chi connectivity index (χ0) is 37.6. The first kappa shape index (κ1) is 35.8. The van der Waals surface area contributed by atoms with E-state index in [-0.39, 0.29) is 22.5 Å². The molecule has 266 valence electrons. The summed E-state index contributed by atoms with van der Waals surface area (Å²) < 4.78 is 189. The molecule has 0 aromatic heterocycles. The molecule has 0 atom stereocenters. The summed E-state index contributed by atoms with van der Waals surface area (Å²) in [5, 5.41) is 0. The van der Waals surface area contributed by atoms with Gasteiger partial charge in [0.1, 0.15) is 11.4 Å². The molecule has 0 fully saturated rings. The van der Waals surface area contributed by atoms with Gasteiger partial charge in [0.2, 0.25) is 11.6 Å². The molecule has 0 heterocycles. The van der Waals surface area contributed by atoms with Crippen molar-refractivity contribution in [2.45, 2.75) is 6.18 Å². The Bertz CT molecular complexity index is 2250. The SMILES string of the molecule is Fc1c(F)c(F)c(N(c2ccccc2)c2ccccc2-c2ccccc2N(c2ccc(C(F)(F)F)cc2)c2c(F)c(F)c(F)c(F)c2F)c(F)c1F. The largest absolute Gasteiger partial charge is 0.416 e. The first-order valence-corrected chi connectivity index (χ1v) is 14.7. The highest BCUT2D eigenvalue weighted by atomic mass is 19.4. The molecule has 0 saturated heterocycles. The van der Waals surface area contributed by atoms with Gasteiger partial charge in [-0.05, 0) is 48.5 Å². The molecule has 0 N–H and O–H groups in total. The Balaban J connectivity index is 1.69. The number of alkyl halides is 3. The maximum atomic E-state index is 15.5. The summed E-state index contributed by atoms with van der Waals surface area (Å²) in [6, 6.07) is 19.1. The van der Waals surface area contributed by atoms with Crippen molar-refractivity contribution in [3.8, 4) is 11.1 Å². The van der Waals surface area contributed by atoms with E-state index in [9.17, 15) is 39.5 Å². The van der Waals surface area contributed by atoms with E-state index in [0.717, 1.165) is 6.07 Å². The van der Waals surface area contributed by atoms with Gasteiger partial charge in [-0.25, -0.2) is 43.9 Å². The minimum Gasteiger partial charge on any atom is -0.304 e. The van der Waals surface area contributed by atoms with E-state index in [2.05, 4.69) is 0 Å². The molecule has 6 aromatic carbocycles. The molecule has 52 heavy (non-hydrogen) atoms. The minimum atomic E-state index is -4.89. The Morgan fingerprint density at radius 2 is 0.635 bits per heavy atom. The number of benzene rings is 6. The molecule has 0 saturated carbocycles. The number of para-hydroxylation sites is 3. The normalized spacial score (nSPS) is 11.6. The maximum Gasteiger partial charge on any atom is 0.416 e. The summed E-state index contributed by atoms with van der Waals surface area (Å²) in [6.07, 6.45) is -4.89. The second kappa shape index (κ2) is 13.6. The highest BCUT2D eigenvalue weighted by molar-refractivity contribution is 5.95. The Hall–Kier alpha value is -5.99. The van der Waals surface area contributed by atoms with Crippen LogP contribution in [-0.4, -0.2) is 0 Å². The van der Waals surface area contributed by atoms with Crippen molar-refractivity contribution in [2.75, 3.05) is 9.80 Å². The number of rotatable bonds is 7. The van der Waals surface area contributed by atoms with Gasteiger partial charge >= 0.3 is 6.18 Å². The van der Waals surface area contributed by atoms with Gasteiger partial charge in [0.05, 0.1) is 16.9 Å². The number of halogens is 13. The van der Waals surface area contributed by atoms with Crippen LogP contribution in [0.15, 0.2) is 103 Å². The van der Waals surface area contributed by atoms with Crippen molar-refractivity contribution in [1.29, 1.82) is 0 Å². The van der Waals surface area contributed by atoms with Crippen LogP contribution in [0.5, 0.6) is 0 Å². The lowest BCUT2D eigenvalue weighted by Gasteiger charge is -2.31. The van der Waals surface area contributed by atoms with Crippen LogP contribution in [0.3, 0.4) is 0 Å². The average molecular weight is 737 g/mol. The molecular formula is C37H17F13N2. The second-order valence-corrected chi connectivity index (χ2v) is 10.9. The fraction of sp³-hybridized carbons (Fsp3) is 0.0270. The highest BCUT2D eigenvalue weighted by Crippen LogP contribution is 2.49. The van der Waals surface area contributed by atoms with E-state index < -0.39 is 92.7 Å². The van der Waals surface area contributed by atoms with E-state index >= 15 is 17.6 Å². The Labute approximate surface area is 285 Å². The lowest BCUT2D eigenvalue weighted by molar-refractivity contribution is -0.137. The Morgan fingerprint density at radius 1 is 0.327 bits per heavy atom. The minimum absolute atomic E-state index is 0.157. The van der Waals surface area contributed by atoms with Crippen molar-refractivity contribution in [2.24, 2.45) is 0 Å². The smallest absolute Gasteiger partial charge is 0.304 e. The number of hydrogen-bond donors (Lipinski definition) is 0. The standard InChI is InChI=1S/C37H17F13N2/c38-25-27(40)31(44)35(32(45)28(25)41)51(19-8-2-1-3-9-19)23-12-6-4-10-21(23)22-11-5-7-13-24(22)52(20-16-14-18(15-17-20)37(48,49)50)36-33(46)29(42)26(39)30(43)34(36)47/h1-17H. The Morgan fingerprint density at radius 3 is 1.00 bits per heavy atom. The number of hydrogen-bond acceptors (Lipinski definition) is 2. The monoisotopic (exact) mass is 736 g/mol. The number of anilines is 6. The summed E-state index contributed by atoms with van der Waals surface area (Å²) in [7, 11) is 0. The summed E-state index contributed by atoms with van der Waals surface area (Å²) in [5.74, 6) is -23.5. The van der Waals surface area contributed by atoms with Crippen LogP contribution in [0, 0.1) is 58.2 Å². The first-order chi connectivity index (χ1) is 24.6. The van der Waals surface area contributed by atoms with E-state index in [0.29, 0.717) is 34.1 Å². The predicted molar refractivity (Wildman–Crippen MR) is 166 cm³/mol. The van der Waals surface area contributed by atoms with Crippen LogP contribution in [0.1, 0.15) is 5.56 Å². The van der Waals surface area contributed by atoms with Gasteiger partial charge in [-0.2, -0.15) is 13.2 Å². The highest BCUT2D eigenvalue weighted by Gasteiger charge is 2.35. The molecule has 6 rings (SSSR count). The van der Waals surface area contributed by atoms with Gasteiger partial charge in [-0.3, -0.25) is 0 Å². The number of nitrogens with zero attached hydrogens (tertiary/aromatic N) is 2. The lowest BCUT2D eigenvalue weighted by atomic mass is 9.98. The second-order valence-electron chi connectivity index (χ2n) is 10.9. The van der Waals surface area contributed by atoms with Crippen molar-refractivity contribution in [3.63, 3.8) is 0 Å². The van der Waals surface area contributed by atoms with Crippen LogP contribution >= 0.6 is 0 Å². The van der Waals surface area contributed by atoms with E-state index in [4.69, 9.17) is 0 Å². The van der Waals surface area contributed by atoms with E-state index in [1.807, 2.05) is 0 Å². The van der Waals surface area contributed by atoms with Crippen molar-refractivity contribution in [3.05, 3.63) is 167 Å². The molecule has 15 heteroatoms. The molecule has 0 aliphatic carbocycles. The third-order valence-corrected chi connectivity index (χ3v) is 7.87. The molecular weight excluding hydrogens is 719 g/mol. The molecule has 2 nitrogen and oxygen atoms in total. The topological polar surface area (TPSA) is 6.48 Å². The van der Waals surface area contributed by atoms with Gasteiger partial charge in [0.25, 0.3) is 0 Å². The summed E-state index contributed by atoms with van der Waals surface area (Å²) >= 11 is 0. The van der Waals surface area contributed by atoms with Gasteiger partial charge < -0.3 is 9.80 Å². The maximum absolute atomic E-state index is 15.5. The lowest BCUT2D eigenvalue weighted by Crippen LogP contribution is -2.19. The van der Waals surface area contributed by atoms with Crippen LogP contribution < -0.4 is 9.80 Å². The molecule has 0 amide bonds. The van der Waals surface area contributed by atoms with Crippen LogP contribution in [0.2, 0.25) is 0 Å². The summed E-state index contributed by atoms with van der Waals surface area (Å²) in [4.78, 5) is 1.09. The fourth-order valence-corrected chi connectivity index (χ4v) is 5.53. The van der Waals surface area contributed by atoms with E-state index in [1.54, 1.807) is 0 Å². The van der Waals surface area contributed by atoms with Crippen molar-refractivity contribution >= 4 is 34.1 Å².